The average Bonchev–Trinajstić information content (AvgIpc) is 2.76. The Morgan fingerprint density at radius 1 is 1.35 bits per heavy atom. The molecule has 1 atom stereocenters. The number of carbonyl (C=O) groups excluding carboxylic acids is 1. The third-order valence-corrected chi connectivity index (χ3v) is 4.74. The molecule has 0 N–H and O–H groups in total. The summed E-state index contributed by atoms with van der Waals surface area (Å²) in [6, 6.07) is 6.08. The highest BCUT2D eigenvalue weighted by molar-refractivity contribution is 5.79. The monoisotopic (exact) mass is 273 g/mol. The lowest BCUT2D eigenvalue weighted by molar-refractivity contribution is -0.132. The Morgan fingerprint density at radius 3 is 3.00 bits per heavy atom. The van der Waals surface area contributed by atoms with Crippen LogP contribution in [-0.2, 0) is 11.3 Å². The molecule has 2 aliphatic rings. The van der Waals surface area contributed by atoms with E-state index in [0.717, 1.165) is 51.1 Å². The van der Waals surface area contributed by atoms with Gasteiger partial charge in [0.25, 0.3) is 0 Å². The number of likely N-dealkylation sites (tertiary alicyclic amines) is 2. The Bertz CT molecular complexity index is 476. The van der Waals surface area contributed by atoms with Crippen LogP contribution in [0.2, 0.25) is 0 Å². The van der Waals surface area contributed by atoms with E-state index in [2.05, 4.69) is 27.8 Å². The number of rotatable bonds is 3. The van der Waals surface area contributed by atoms with Crippen molar-refractivity contribution in [2.75, 3.05) is 19.6 Å². The van der Waals surface area contributed by atoms with Crippen LogP contribution in [0, 0.1) is 0 Å². The van der Waals surface area contributed by atoms with E-state index in [1.165, 1.54) is 6.42 Å². The highest BCUT2D eigenvalue weighted by atomic mass is 16.2. The minimum atomic E-state index is 0.0961. The molecule has 20 heavy (non-hydrogen) atoms. The molecule has 3 heterocycles. The molecule has 1 aromatic heterocycles. The standard InChI is InChI=1S/C16H23N3O/c1-2-19-15(20)7-9-16(19)8-5-11-18(13-16)12-14-6-3-4-10-17-14/h3-4,6,10H,2,5,7-9,11-13H2,1H3/t16-/m1/s1. The summed E-state index contributed by atoms with van der Waals surface area (Å²) >= 11 is 0. The zero-order valence-electron chi connectivity index (χ0n) is 12.2. The van der Waals surface area contributed by atoms with Gasteiger partial charge in [-0.25, -0.2) is 0 Å². The summed E-state index contributed by atoms with van der Waals surface area (Å²) in [5.74, 6) is 0.340. The quantitative estimate of drug-likeness (QED) is 0.846. The first-order valence-electron chi connectivity index (χ1n) is 7.66. The van der Waals surface area contributed by atoms with Gasteiger partial charge in [-0.3, -0.25) is 14.7 Å². The van der Waals surface area contributed by atoms with Crippen LogP contribution in [0.1, 0.15) is 38.3 Å². The minimum absolute atomic E-state index is 0.0961. The van der Waals surface area contributed by atoms with Gasteiger partial charge < -0.3 is 4.90 Å². The van der Waals surface area contributed by atoms with Crippen molar-refractivity contribution in [2.45, 2.75) is 44.7 Å². The van der Waals surface area contributed by atoms with Crippen molar-refractivity contribution in [1.82, 2.24) is 14.8 Å². The summed E-state index contributed by atoms with van der Waals surface area (Å²) in [5.41, 5.74) is 1.22. The predicted molar refractivity (Wildman–Crippen MR) is 78.1 cm³/mol. The maximum atomic E-state index is 12.0. The Balaban J connectivity index is 1.72. The number of piperidine rings is 1. The first kappa shape index (κ1) is 13.6. The first-order valence-corrected chi connectivity index (χ1v) is 7.66. The molecule has 1 spiro atoms. The fraction of sp³-hybridized carbons (Fsp3) is 0.625. The zero-order chi connectivity index (χ0) is 14.0. The number of hydrogen-bond donors (Lipinski definition) is 0. The number of amides is 1. The summed E-state index contributed by atoms with van der Waals surface area (Å²) in [7, 11) is 0. The smallest absolute Gasteiger partial charge is 0.223 e. The van der Waals surface area contributed by atoms with Crippen LogP contribution < -0.4 is 0 Å². The Hall–Kier alpha value is -1.42. The molecule has 1 amide bonds. The minimum Gasteiger partial charge on any atom is -0.336 e. The van der Waals surface area contributed by atoms with Crippen LogP contribution in [0.3, 0.4) is 0 Å². The molecule has 0 bridgehead atoms. The molecule has 0 aromatic carbocycles. The molecular weight excluding hydrogens is 250 g/mol. The van der Waals surface area contributed by atoms with Crippen molar-refractivity contribution in [1.29, 1.82) is 0 Å². The van der Waals surface area contributed by atoms with E-state index in [9.17, 15) is 4.79 Å². The molecule has 1 aromatic rings. The van der Waals surface area contributed by atoms with E-state index >= 15 is 0 Å². The number of aromatic nitrogens is 1. The number of hydrogen-bond acceptors (Lipinski definition) is 3. The summed E-state index contributed by atoms with van der Waals surface area (Å²) in [6.45, 7) is 5.96. The largest absolute Gasteiger partial charge is 0.336 e. The molecule has 2 fully saturated rings. The SMILES string of the molecule is CCN1C(=O)CC[C@@]12CCCN(Cc1ccccn1)C2. The van der Waals surface area contributed by atoms with Gasteiger partial charge in [0.2, 0.25) is 5.91 Å². The predicted octanol–water partition coefficient (Wildman–Crippen LogP) is 2.06. The molecule has 0 radical (unpaired) electrons. The van der Waals surface area contributed by atoms with Crippen molar-refractivity contribution in [3.63, 3.8) is 0 Å². The molecule has 4 nitrogen and oxygen atoms in total. The third-order valence-electron chi connectivity index (χ3n) is 4.74. The van der Waals surface area contributed by atoms with E-state index in [1.54, 1.807) is 0 Å². The Labute approximate surface area is 120 Å². The van der Waals surface area contributed by atoms with Crippen LogP contribution in [0.5, 0.6) is 0 Å². The second kappa shape index (κ2) is 5.52. The molecule has 4 heteroatoms. The third kappa shape index (κ3) is 2.44. The summed E-state index contributed by atoms with van der Waals surface area (Å²) in [6.07, 6.45) is 5.94. The first-order chi connectivity index (χ1) is 9.73. The Morgan fingerprint density at radius 2 is 2.25 bits per heavy atom. The molecule has 0 unspecified atom stereocenters. The van der Waals surface area contributed by atoms with Gasteiger partial charge >= 0.3 is 0 Å². The van der Waals surface area contributed by atoms with Crippen molar-refractivity contribution in [3.05, 3.63) is 30.1 Å². The van der Waals surface area contributed by atoms with Gasteiger partial charge in [-0.1, -0.05) is 6.07 Å². The molecular formula is C16H23N3O. The van der Waals surface area contributed by atoms with E-state index in [0.29, 0.717) is 5.91 Å². The number of nitrogens with zero attached hydrogens (tertiary/aromatic N) is 3. The molecule has 2 aliphatic heterocycles. The second-order valence-corrected chi connectivity index (χ2v) is 6.00. The lowest BCUT2D eigenvalue weighted by Crippen LogP contribution is -2.56. The second-order valence-electron chi connectivity index (χ2n) is 6.00. The summed E-state index contributed by atoms with van der Waals surface area (Å²) in [4.78, 5) is 21.0. The lowest BCUT2D eigenvalue weighted by atomic mass is 9.86. The normalized spacial score (nSPS) is 27.4. The van der Waals surface area contributed by atoms with Crippen LogP contribution in [0.25, 0.3) is 0 Å². The lowest BCUT2D eigenvalue weighted by Gasteiger charge is -2.45. The van der Waals surface area contributed by atoms with Crippen molar-refractivity contribution in [3.8, 4) is 0 Å². The van der Waals surface area contributed by atoms with Gasteiger partial charge in [-0.15, -0.1) is 0 Å². The average molecular weight is 273 g/mol. The molecule has 0 aliphatic carbocycles. The maximum Gasteiger partial charge on any atom is 0.223 e. The molecule has 0 saturated carbocycles. The fourth-order valence-corrected chi connectivity index (χ4v) is 3.87. The maximum absolute atomic E-state index is 12.0. The van der Waals surface area contributed by atoms with Crippen LogP contribution >= 0.6 is 0 Å². The van der Waals surface area contributed by atoms with Crippen LogP contribution in [0.4, 0.5) is 0 Å². The molecule has 2 saturated heterocycles. The highest BCUT2D eigenvalue weighted by Crippen LogP contribution is 2.37. The van der Waals surface area contributed by atoms with Crippen molar-refractivity contribution in [2.24, 2.45) is 0 Å². The molecule has 3 rings (SSSR count). The zero-order valence-corrected chi connectivity index (χ0v) is 12.2. The highest BCUT2D eigenvalue weighted by Gasteiger charge is 2.46. The van der Waals surface area contributed by atoms with E-state index in [1.807, 2.05) is 18.3 Å². The Kier molecular flexibility index (Phi) is 3.74. The number of likely N-dealkylation sites (N-methyl/N-ethyl adjacent to an activating group) is 1. The number of carbonyl (C=O) groups is 1. The van der Waals surface area contributed by atoms with Gasteiger partial charge in [0.15, 0.2) is 0 Å². The van der Waals surface area contributed by atoms with Crippen LogP contribution in [0.15, 0.2) is 24.4 Å². The summed E-state index contributed by atoms with van der Waals surface area (Å²) in [5, 5.41) is 0. The van der Waals surface area contributed by atoms with E-state index < -0.39 is 0 Å². The topological polar surface area (TPSA) is 36.4 Å². The van der Waals surface area contributed by atoms with Gasteiger partial charge in [-0.05, 0) is 44.9 Å². The van der Waals surface area contributed by atoms with Gasteiger partial charge in [0, 0.05) is 32.3 Å². The van der Waals surface area contributed by atoms with Crippen molar-refractivity contribution >= 4 is 5.91 Å². The fourth-order valence-electron chi connectivity index (χ4n) is 3.87. The van der Waals surface area contributed by atoms with E-state index in [4.69, 9.17) is 0 Å². The van der Waals surface area contributed by atoms with E-state index in [-0.39, 0.29) is 5.54 Å². The summed E-state index contributed by atoms with van der Waals surface area (Å²) < 4.78 is 0. The number of pyridine rings is 1. The van der Waals surface area contributed by atoms with Crippen LogP contribution in [-0.4, -0.2) is 45.9 Å². The van der Waals surface area contributed by atoms with Gasteiger partial charge in [0.05, 0.1) is 11.2 Å². The van der Waals surface area contributed by atoms with Gasteiger partial charge in [0.1, 0.15) is 0 Å². The van der Waals surface area contributed by atoms with Gasteiger partial charge in [-0.2, -0.15) is 0 Å². The van der Waals surface area contributed by atoms with Crippen molar-refractivity contribution < 1.29 is 4.79 Å². The molecule has 108 valence electrons.